The molecule has 2 aromatic carbocycles. The molecule has 0 saturated carbocycles. The highest BCUT2D eigenvalue weighted by Gasteiger charge is 2.31. The van der Waals surface area contributed by atoms with Gasteiger partial charge in [-0.2, -0.15) is 0 Å². The molecule has 0 bridgehead atoms. The van der Waals surface area contributed by atoms with E-state index in [2.05, 4.69) is 25.0 Å². The van der Waals surface area contributed by atoms with Crippen molar-refractivity contribution in [3.8, 4) is 11.8 Å². The van der Waals surface area contributed by atoms with E-state index in [1.807, 2.05) is 13.8 Å². The smallest absolute Gasteiger partial charge is 0.321 e. The number of aryl methyl sites for hydroxylation is 1. The van der Waals surface area contributed by atoms with E-state index in [-0.39, 0.29) is 22.6 Å². The Morgan fingerprint density at radius 2 is 1.91 bits per heavy atom. The van der Waals surface area contributed by atoms with Gasteiger partial charge in [0.15, 0.2) is 0 Å². The molecular weight excluding hydrogens is 454 g/mol. The topological polar surface area (TPSA) is 123 Å². The zero-order valence-corrected chi connectivity index (χ0v) is 19.7. The number of carbonyl (C=O) groups excluding carboxylic acids is 1. The Bertz CT molecular complexity index is 1330. The van der Waals surface area contributed by atoms with Crippen molar-refractivity contribution in [1.82, 2.24) is 14.7 Å². The minimum absolute atomic E-state index is 0.164. The number of amidine groups is 1. The van der Waals surface area contributed by atoms with Crippen molar-refractivity contribution in [1.29, 1.82) is 0 Å². The van der Waals surface area contributed by atoms with Gasteiger partial charge in [0, 0.05) is 23.6 Å². The molecule has 0 spiro atoms. The van der Waals surface area contributed by atoms with Crippen molar-refractivity contribution in [3.05, 3.63) is 72.1 Å². The quantitative estimate of drug-likeness (QED) is 0.506. The third-order valence-electron chi connectivity index (χ3n) is 5.29. The largest absolute Gasteiger partial charge is 0.424 e. The Kier molecular flexibility index (Phi) is 6.87. The third kappa shape index (κ3) is 5.23. The lowest BCUT2D eigenvalue weighted by molar-refractivity contribution is -0.117. The zero-order chi connectivity index (χ0) is 24.1. The predicted molar refractivity (Wildman–Crippen MR) is 129 cm³/mol. The number of ether oxygens (including phenoxy) is 1. The molecule has 0 saturated heterocycles. The second kappa shape index (κ2) is 10.0. The summed E-state index contributed by atoms with van der Waals surface area (Å²) in [5, 5.41) is 2.92. The van der Waals surface area contributed by atoms with E-state index >= 15 is 0 Å². The number of hydrogen-bond donors (Lipinski definition) is 2. The maximum absolute atomic E-state index is 13.2. The van der Waals surface area contributed by atoms with Gasteiger partial charge in [-0.25, -0.2) is 18.4 Å². The fourth-order valence-corrected chi connectivity index (χ4v) is 4.78. The molecule has 0 aliphatic carbocycles. The number of hydrogen-bond acceptors (Lipinski definition) is 7. The van der Waals surface area contributed by atoms with Crippen LogP contribution in [0.1, 0.15) is 37.3 Å². The molecule has 2 heterocycles. The van der Waals surface area contributed by atoms with Crippen molar-refractivity contribution in [2.45, 2.75) is 44.0 Å². The predicted octanol–water partition coefficient (Wildman–Crippen LogP) is 3.81. The van der Waals surface area contributed by atoms with Crippen LogP contribution in [0.4, 0.5) is 5.69 Å². The molecule has 0 radical (unpaired) electrons. The number of fused-ring (bicyclic) bond motifs is 1. The first kappa shape index (κ1) is 23.4. The monoisotopic (exact) mass is 479 g/mol. The highest BCUT2D eigenvalue weighted by Crippen LogP contribution is 2.26. The molecule has 9 nitrogen and oxygen atoms in total. The summed E-state index contributed by atoms with van der Waals surface area (Å²) < 4.78 is 32.9. The Labute approximate surface area is 198 Å². The van der Waals surface area contributed by atoms with Gasteiger partial charge >= 0.3 is 6.01 Å². The van der Waals surface area contributed by atoms with Gasteiger partial charge in [0.25, 0.3) is 10.0 Å². The number of amides is 1. The Morgan fingerprint density at radius 3 is 2.65 bits per heavy atom. The molecule has 1 unspecified atom stereocenters. The SMILES string of the molecule is CCCCC(N=C1NS(=O)(=O)c2ccccc21)C(=O)Nc1ccc(Oc2ncccn2)cc1C. The van der Waals surface area contributed by atoms with E-state index in [1.54, 1.807) is 54.9 Å². The van der Waals surface area contributed by atoms with Crippen molar-refractivity contribution in [2.75, 3.05) is 5.32 Å². The lowest BCUT2D eigenvalue weighted by Crippen LogP contribution is -2.31. The van der Waals surface area contributed by atoms with Gasteiger partial charge in [-0.15, -0.1) is 0 Å². The van der Waals surface area contributed by atoms with Gasteiger partial charge < -0.3 is 10.1 Å². The number of rotatable bonds is 8. The number of aromatic nitrogens is 2. The molecule has 1 atom stereocenters. The van der Waals surface area contributed by atoms with Gasteiger partial charge in [0.2, 0.25) is 5.91 Å². The van der Waals surface area contributed by atoms with Crippen LogP contribution in [0.3, 0.4) is 0 Å². The number of aliphatic imine (C=N–C) groups is 1. The van der Waals surface area contributed by atoms with Gasteiger partial charge in [0.1, 0.15) is 17.6 Å². The highest BCUT2D eigenvalue weighted by atomic mass is 32.2. The van der Waals surface area contributed by atoms with Gasteiger partial charge in [-0.05, 0) is 55.3 Å². The van der Waals surface area contributed by atoms with Crippen LogP contribution in [0, 0.1) is 6.92 Å². The van der Waals surface area contributed by atoms with Crippen LogP contribution >= 0.6 is 0 Å². The van der Waals surface area contributed by atoms with E-state index in [4.69, 9.17) is 4.74 Å². The minimum Gasteiger partial charge on any atom is -0.424 e. The minimum atomic E-state index is -3.68. The van der Waals surface area contributed by atoms with Crippen LogP contribution in [0.15, 0.2) is 70.8 Å². The van der Waals surface area contributed by atoms with Crippen LogP contribution in [-0.4, -0.2) is 36.2 Å². The van der Waals surface area contributed by atoms with Crippen molar-refractivity contribution < 1.29 is 17.9 Å². The summed E-state index contributed by atoms with van der Waals surface area (Å²) in [5.74, 6) is 0.421. The summed E-state index contributed by atoms with van der Waals surface area (Å²) in [4.78, 5) is 25.9. The molecule has 4 rings (SSSR count). The molecule has 2 N–H and O–H groups in total. The van der Waals surface area contributed by atoms with E-state index in [0.29, 0.717) is 23.4 Å². The van der Waals surface area contributed by atoms with Crippen LogP contribution in [0.5, 0.6) is 11.8 Å². The molecule has 0 fully saturated rings. The average Bonchev–Trinajstić information content (AvgIpc) is 3.09. The fourth-order valence-electron chi connectivity index (χ4n) is 3.54. The number of carbonyl (C=O) groups is 1. The summed E-state index contributed by atoms with van der Waals surface area (Å²) in [7, 11) is -3.68. The Morgan fingerprint density at radius 1 is 1.15 bits per heavy atom. The van der Waals surface area contributed by atoms with E-state index < -0.39 is 16.1 Å². The average molecular weight is 480 g/mol. The molecule has 176 valence electrons. The molecule has 1 amide bonds. The maximum Gasteiger partial charge on any atom is 0.321 e. The summed E-state index contributed by atoms with van der Waals surface area (Å²) in [6.07, 6.45) is 5.31. The van der Waals surface area contributed by atoms with Crippen molar-refractivity contribution >= 4 is 27.5 Å². The second-order valence-corrected chi connectivity index (χ2v) is 9.49. The molecule has 1 aliphatic rings. The summed E-state index contributed by atoms with van der Waals surface area (Å²) in [6.45, 7) is 3.87. The zero-order valence-electron chi connectivity index (χ0n) is 18.9. The Balaban J connectivity index is 1.54. The summed E-state index contributed by atoms with van der Waals surface area (Å²) >= 11 is 0. The molecule has 3 aromatic rings. The summed E-state index contributed by atoms with van der Waals surface area (Å²) in [6, 6.07) is 13.0. The number of benzene rings is 2. The van der Waals surface area contributed by atoms with E-state index in [1.165, 1.54) is 6.07 Å². The van der Waals surface area contributed by atoms with Gasteiger partial charge in [-0.1, -0.05) is 31.9 Å². The first-order valence-corrected chi connectivity index (χ1v) is 12.4. The Hall–Kier alpha value is -3.79. The lowest BCUT2D eigenvalue weighted by atomic mass is 10.1. The van der Waals surface area contributed by atoms with Gasteiger partial charge in [-0.3, -0.25) is 14.5 Å². The normalized spacial score (nSPS) is 15.9. The van der Waals surface area contributed by atoms with Crippen LogP contribution < -0.4 is 14.8 Å². The standard InChI is InChI=1S/C24H25N5O4S/c1-3-4-9-20(27-22-18-8-5-6-10-21(18)34(31,32)29-22)23(30)28-19-12-11-17(15-16(19)2)33-24-25-13-7-14-26-24/h5-8,10-15,20H,3-4,9H2,1-2H3,(H,27,29)(H,28,30). The fraction of sp³-hybridized carbons (Fsp3) is 0.250. The van der Waals surface area contributed by atoms with Crippen molar-refractivity contribution in [2.24, 2.45) is 4.99 Å². The number of nitrogens with zero attached hydrogens (tertiary/aromatic N) is 3. The molecule has 1 aliphatic heterocycles. The van der Waals surface area contributed by atoms with E-state index in [9.17, 15) is 13.2 Å². The number of sulfonamides is 1. The van der Waals surface area contributed by atoms with Crippen molar-refractivity contribution in [3.63, 3.8) is 0 Å². The molecule has 10 heteroatoms. The number of unbranched alkanes of at least 4 members (excludes halogenated alkanes) is 1. The first-order valence-electron chi connectivity index (χ1n) is 10.9. The molecule has 34 heavy (non-hydrogen) atoms. The maximum atomic E-state index is 13.2. The summed E-state index contributed by atoms with van der Waals surface area (Å²) in [5.41, 5.74) is 1.87. The second-order valence-electron chi connectivity index (χ2n) is 7.84. The van der Waals surface area contributed by atoms with Gasteiger partial charge in [0.05, 0.1) is 4.90 Å². The highest BCUT2D eigenvalue weighted by molar-refractivity contribution is 7.90. The van der Waals surface area contributed by atoms with Crippen LogP contribution in [0.2, 0.25) is 0 Å². The first-order chi connectivity index (χ1) is 16.4. The van der Waals surface area contributed by atoms with E-state index in [0.717, 1.165) is 18.4 Å². The number of anilines is 1. The van der Waals surface area contributed by atoms with Crippen LogP contribution in [0.25, 0.3) is 0 Å². The third-order valence-corrected chi connectivity index (χ3v) is 6.69. The number of nitrogens with one attached hydrogen (secondary N) is 2. The van der Waals surface area contributed by atoms with Crippen LogP contribution in [-0.2, 0) is 14.8 Å². The molecule has 1 aromatic heterocycles. The lowest BCUT2D eigenvalue weighted by Gasteiger charge is -2.16. The molecular formula is C24H25N5O4S.